The first-order chi connectivity index (χ1) is 10.1. The third-order valence-electron chi connectivity index (χ3n) is 3.62. The van der Waals surface area contributed by atoms with Crippen LogP contribution in [0.2, 0.25) is 0 Å². The molecule has 0 radical (unpaired) electrons. The highest BCUT2D eigenvalue weighted by Crippen LogP contribution is 2.33. The van der Waals surface area contributed by atoms with Gasteiger partial charge in [0.1, 0.15) is 5.82 Å². The van der Waals surface area contributed by atoms with Gasteiger partial charge in [0, 0.05) is 18.2 Å². The molecule has 108 valence electrons. The molecular weight excluding hydrogens is 272 g/mol. The van der Waals surface area contributed by atoms with Crippen molar-refractivity contribution in [1.29, 1.82) is 0 Å². The van der Waals surface area contributed by atoms with Crippen LogP contribution in [0, 0.1) is 17.6 Å². The van der Waals surface area contributed by atoms with Gasteiger partial charge in [-0.1, -0.05) is 31.2 Å². The zero-order valence-electron chi connectivity index (χ0n) is 11.6. The molecule has 1 aliphatic rings. The minimum absolute atomic E-state index is 0.00202. The number of aliphatic imine (C=N–C) groups is 1. The van der Waals surface area contributed by atoms with Crippen LogP contribution in [-0.4, -0.2) is 12.8 Å². The summed E-state index contributed by atoms with van der Waals surface area (Å²) in [6.45, 7) is 2.26. The second-order valence-electron chi connectivity index (χ2n) is 5.21. The summed E-state index contributed by atoms with van der Waals surface area (Å²) in [4.78, 5) is 4.48. The van der Waals surface area contributed by atoms with Crippen LogP contribution >= 0.6 is 0 Å². The molecule has 0 saturated heterocycles. The number of benzene rings is 2. The summed E-state index contributed by atoms with van der Waals surface area (Å²) in [5.41, 5.74) is 2.25. The molecule has 2 atom stereocenters. The van der Waals surface area contributed by atoms with Crippen molar-refractivity contribution < 1.29 is 13.5 Å². The highest BCUT2D eigenvalue weighted by molar-refractivity contribution is 5.85. The lowest BCUT2D eigenvalue weighted by Gasteiger charge is -2.19. The second kappa shape index (κ2) is 5.64. The highest BCUT2D eigenvalue weighted by Gasteiger charge is 2.24. The quantitative estimate of drug-likeness (QED) is 0.827. The average Bonchev–Trinajstić information content (AvgIpc) is 2.92. The first-order valence-corrected chi connectivity index (χ1v) is 6.85. The molecule has 2 nitrogen and oxygen atoms in total. The number of rotatable bonds is 4. The van der Waals surface area contributed by atoms with Gasteiger partial charge in [-0.3, -0.25) is 4.99 Å². The Hall–Kier alpha value is -2.23. The van der Waals surface area contributed by atoms with Crippen molar-refractivity contribution >= 4 is 6.21 Å². The van der Waals surface area contributed by atoms with Crippen LogP contribution in [0.25, 0.3) is 0 Å². The maximum Gasteiger partial charge on any atom is 0.165 e. The monoisotopic (exact) mass is 287 g/mol. The Morgan fingerprint density at radius 3 is 2.86 bits per heavy atom. The molecule has 0 spiro atoms. The summed E-state index contributed by atoms with van der Waals surface area (Å²) in [7, 11) is 0. The molecular formula is C17H15F2NO. The topological polar surface area (TPSA) is 21.6 Å². The highest BCUT2D eigenvalue weighted by atomic mass is 19.1. The number of hydrogen-bond donors (Lipinski definition) is 0. The maximum absolute atomic E-state index is 13.5. The molecule has 2 aromatic rings. The number of halogens is 2. The summed E-state index contributed by atoms with van der Waals surface area (Å²) < 4.78 is 32.0. The SMILES string of the molecule is CC(COc1cc(F)ccc1F)[C@H]1N=Cc2ccccc21. The van der Waals surface area contributed by atoms with Crippen LogP contribution in [0.4, 0.5) is 8.78 Å². The van der Waals surface area contributed by atoms with E-state index in [2.05, 4.69) is 4.99 Å². The summed E-state index contributed by atoms with van der Waals surface area (Å²) >= 11 is 0. The zero-order valence-corrected chi connectivity index (χ0v) is 11.6. The van der Waals surface area contributed by atoms with E-state index in [1.54, 1.807) is 0 Å². The fraction of sp³-hybridized carbons (Fsp3) is 0.235. The molecule has 0 N–H and O–H groups in total. The van der Waals surface area contributed by atoms with E-state index in [1.807, 2.05) is 37.4 Å². The van der Waals surface area contributed by atoms with Crippen LogP contribution in [0.15, 0.2) is 47.5 Å². The fourth-order valence-corrected chi connectivity index (χ4v) is 2.49. The van der Waals surface area contributed by atoms with Crippen molar-refractivity contribution in [2.24, 2.45) is 10.9 Å². The van der Waals surface area contributed by atoms with E-state index < -0.39 is 11.6 Å². The van der Waals surface area contributed by atoms with Gasteiger partial charge in [-0.15, -0.1) is 0 Å². The Kier molecular flexibility index (Phi) is 3.69. The molecule has 0 aromatic heterocycles. The molecule has 0 aliphatic carbocycles. The van der Waals surface area contributed by atoms with E-state index in [0.717, 1.165) is 29.3 Å². The Bertz CT molecular complexity index is 684. The number of nitrogens with zero attached hydrogens (tertiary/aromatic N) is 1. The van der Waals surface area contributed by atoms with Gasteiger partial charge >= 0.3 is 0 Å². The Balaban J connectivity index is 1.69. The lowest BCUT2D eigenvalue weighted by Crippen LogP contribution is -2.15. The fourth-order valence-electron chi connectivity index (χ4n) is 2.49. The molecule has 1 heterocycles. The van der Waals surface area contributed by atoms with E-state index in [4.69, 9.17) is 4.74 Å². The number of ether oxygens (including phenoxy) is 1. The van der Waals surface area contributed by atoms with E-state index in [1.165, 1.54) is 0 Å². The molecule has 4 heteroatoms. The molecule has 0 amide bonds. The first-order valence-electron chi connectivity index (χ1n) is 6.85. The largest absolute Gasteiger partial charge is 0.490 e. The van der Waals surface area contributed by atoms with Crippen LogP contribution in [0.5, 0.6) is 5.75 Å². The van der Waals surface area contributed by atoms with Gasteiger partial charge in [0.25, 0.3) is 0 Å². The van der Waals surface area contributed by atoms with Gasteiger partial charge in [-0.05, 0) is 23.3 Å². The lowest BCUT2D eigenvalue weighted by atomic mass is 9.95. The Morgan fingerprint density at radius 1 is 1.19 bits per heavy atom. The number of fused-ring (bicyclic) bond motifs is 1. The van der Waals surface area contributed by atoms with Gasteiger partial charge in [-0.25, -0.2) is 8.78 Å². The van der Waals surface area contributed by atoms with Gasteiger partial charge in [0.15, 0.2) is 11.6 Å². The summed E-state index contributed by atoms with van der Waals surface area (Å²) in [5, 5.41) is 0. The summed E-state index contributed by atoms with van der Waals surface area (Å²) in [6.07, 6.45) is 1.85. The Labute approximate surface area is 122 Å². The van der Waals surface area contributed by atoms with E-state index >= 15 is 0 Å². The summed E-state index contributed by atoms with van der Waals surface area (Å²) in [6, 6.07) is 11.2. The zero-order chi connectivity index (χ0) is 14.8. The predicted octanol–water partition coefficient (Wildman–Crippen LogP) is 4.15. The molecule has 3 rings (SSSR count). The van der Waals surface area contributed by atoms with Crippen molar-refractivity contribution in [3.8, 4) is 5.75 Å². The molecule has 1 aliphatic heterocycles. The normalized spacial score (nSPS) is 17.6. The van der Waals surface area contributed by atoms with Gasteiger partial charge in [-0.2, -0.15) is 0 Å². The third kappa shape index (κ3) is 2.79. The Morgan fingerprint density at radius 2 is 2.00 bits per heavy atom. The maximum atomic E-state index is 13.5. The van der Waals surface area contributed by atoms with E-state index in [9.17, 15) is 8.78 Å². The van der Waals surface area contributed by atoms with Crippen LogP contribution in [-0.2, 0) is 0 Å². The second-order valence-corrected chi connectivity index (χ2v) is 5.21. The lowest BCUT2D eigenvalue weighted by molar-refractivity contribution is 0.230. The minimum atomic E-state index is -0.557. The number of hydrogen-bond acceptors (Lipinski definition) is 2. The van der Waals surface area contributed by atoms with Gasteiger partial charge < -0.3 is 4.74 Å². The molecule has 0 bridgehead atoms. The molecule has 2 aromatic carbocycles. The van der Waals surface area contributed by atoms with Crippen molar-refractivity contribution in [3.05, 3.63) is 65.2 Å². The molecule has 0 saturated carbocycles. The van der Waals surface area contributed by atoms with Crippen molar-refractivity contribution in [2.45, 2.75) is 13.0 Å². The van der Waals surface area contributed by atoms with Crippen LogP contribution in [0.1, 0.15) is 24.1 Å². The van der Waals surface area contributed by atoms with Crippen molar-refractivity contribution in [2.75, 3.05) is 6.61 Å². The van der Waals surface area contributed by atoms with Gasteiger partial charge in [0.05, 0.1) is 12.6 Å². The molecule has 0 fully saturated rings. The van der Waals surface area contributed by atoms with E-state index in [-0.39, 0.29) is 24.3 Å². The van der Waals surface area contributed by atoms with Crippen molar-refractivity contribution in [1.82, 2.24) is 0 Å². The summed E-state index contributed by atoms with van der Waals surface area (Å²) in [5.74, 6) is -1.06. The first kappa shape index (κ1) is 13.7. The molecule has 1 unspecified atom stereocenters. The predicted molar refractivity (Wildman–Crippen MR) is 77.8 cm³/mol. The van der Waals surface area contributed by atoms with Crippen molar-refractivity contribution in [3.63, 3.8) is 0 Å². The van der Waals surface area contributed by atoms with Crippen LogP contribution < -0.4 is 4.74 Å². The minimum Gasteiger partial charge on any atom is -0.490 e. The van der Waals surface area contributed by atoms with Crippen LogP contribution in [0.3, 0.4) is 0 Å². The smallest absolute Gasteiger partial charge is 0.165 e. The van der Waals surface area contributed by atoms with Gasteiger partial charge in [0.2, 0.25) is 0 Å². The standard InChI is InChI=1S/C17H15F2NO/c1-11(10-21-16-8-13(18)6-7-15(16)19)17-14-5-3-2-4-12(14)9-20-17/h2-9,11,17H,10H2,1H3/t11?,17-/m1/s1. The van der Waals surface area contributed by atoms with E-state index in [0.29, 0.717) is 0 Å². The molecule has 21 heavy (non-hydrogen) atoms. The average molecular weight is 287 g/mol. The third-order valence-corrected chi connectivity index (χ3v) is 3.62.